The van der Waals surface area contributed by atoms with Crippen molar-refractivity contribution in [1.82, 2.24) is 4.31 Å². The minimum atomic E-state index is -3.80. The molecule has 21 heavy (non-hydrogen) atoms. The largest absolute Gasteiger partial charge is 0.243 e. The number of rotatable bonds is 4. The molecule has 1 saturated heterocycles. The molecule has 0 N–H and O–H groups in total. The van der Waals surface area contributed by atoms with Crippen molar-refractivity contribution in [1.29, 1.82) is 0 Å². The van der Waals surface area contributed by atoms with Crippen LogP contribution in [0.4, 0.5) is 0 Å². The first kappa shape index (κ1) is 17.0. The third-order valence-corrected chi connectivity index (χ3v) is 7.94. The van der Waals surface area contributed by atoms with Crippen molar-refractivity contribution in [2.75, 3.05) is 18.1 Å². The van der Waals surface area contributed by atoms with E-state index in [0.717, 1.165) is 0 Å². The second-order valence-corrected chi connectivity index (χ2v) is 9.77. The molecular formula is C12H15Cl2NO4S2. The summed E-state index contributed by atoms with van der Waals surface area (Å²) in [4.78, 5) is 0.0167. The van der Waals surface area contributed by atoms with E-state index < -0.39 is 25.9 Å². The van der Waals surface area contributed by atoms with Gasteiger partial charge in [0.05, 0.1) is 26.4 Å². The van der Waals surface area contributed by atoms with E-state index in [4.69, 9.17) is 23.2 Å². The molecule has 0 spiro atoms. The van der Waals surface area contributed by atoms with Crippen LogP contribution in [-0.4, -0.2) is 45.2 Å². The zero-order valence-corrected chi connectivity index (χ0v) is 14.4. The number of hydrogen-bond acceptors (Lipinski definition) is 4. The topological polar surface area (TPSA) is 71.5 Å². The molecule has 1 aromatic rings. The molecule has 1 heterocycles. The molecule has 1 atom stereocenters. The Kier molecular flexibility index (Phi) is 4.90. The molecule has 0 saturated carbocycles. The highest BCUT2D eigenvalue weighted by atomic mass is 35.5. The summed E-state index contributed by atoms with van der Waals surface area (Å²) in [5, 5.41) is 0.412. The van der Waals surface area contributed by atoms with Gasteiger partial charge in [0.2, 0.25) is 10.0 Å². The molecule has 0 amide bonds. The summed E-state index contributed by atoms with van der Waals surface area (Å²) >= 11 is 11.7. The Bertz CT molecular complexity index is 747. The van der Waals surface area contributed by atoms with Crippen molar-refractivity contribution in [3.05, 3.63) is 28.2 Å². The van der Waals surface area contributed by atoms with Crippen LogP contribution < -0.4 is 0 Å². The first-order valence-corrected chi connectivity index (χ1v) is 10.4. The van der Waals surface area contributed by atoms with Crippen LogP contribution in [0.15, 0.2) is 23.1 Å². The van der Waals surface area contributed by atoms with E-state index in [2.05, 4.69) is 0 Å². The molecule has 9 heteroatoms. The molecule has 0 aliphatic carbocycles. The fourth-order valence-electron chi connectivity index (χ4n) is 2.40. The van der Waals surface area contributed by atoms with Crippen LogP contribution in [0.3, 0.4) is 0 Å². The second-order valence-electron chi connectivity index (χ2n) is 4.84. The Morgan fingerprint density at radius 1 is 1.29 bits per heavy atom. The van der Waals surface area contributed by atoms with Gasteiger partial charge in [-0.1, -0.05) is 30.1 Å². The smallest absolute Gasteiger partial charge is 0.229 e. The van der Waals surface area contributed by atoms with Gasteiger partial charge in [-0.3, -0.25) is 0 Å². The SMILES string of the molecule is CCN(C1CCS(=O)(=O)C1)S(=O)(=O)c1ccc(Cl)c(Cl)c1. The normalized spacial score (nSPS) is 21.8. The predicted molar refractivity (Wildman–Crippen MR) is 83.1 cm³/mol. The average Bonchev–Trinajstić information content (AvgIpc) is 2.73. The van der Waals surface area contributed by atoms with Crippen LogP contribution in [0.5, 0.6) is 0 Å². The lowest BCUT2D eigenvalue weighted by Crippen LogP contribution is -2.40. The number of sulfonamides is 1. The lowest BCUT2D eigenvalue weighted by Gasteiger charge is -2.26. The second kappa shape index (κ2) is 6.04. The highest BCUT2D eigenvalue weighted by molar-refractivity contribution is 7.92. The number of nitrogens with zero attached hydrogens (tertiary/aromatic N) is 1. The van der Waals surface area contributed by atoms with Gasteiger partial charge in [0.15, 0.2) is 9.84 Å². The highest BCUT2D eigenvalue weighted by Gasteiger charge is 2.37. The summed E-state index contributed by atoms with van der Waals surface area (Å²) in [5.74, 6) is -0.119. The number of halogens is 2. The quantitative estimate of drug-likeness (QED) is 0.812. The fraction of sp³-hybridized carbons (Fsp3) is 0.500. The zero-order valence-electron chi connectivity index (χ0n) is 11.3. The van der Waals surface area contributed by atoms with E-state index >= 15 is 0 Å². The number of hydrogen-bond donors (Lipinski definition) is 0. The minimum Gasteiger partial charge on any atom is -0.229 e. The fourth-order valence-corrected chi connectivity index (χ4v) is 6.28. The Hall–Kier alpha value is -0.340. The zero-order chi connectivity index (χ0) is 15.8. The molecule has 1 aromatic carbocycles. The minimum absolute atomic E-state index is 0.0167. The maximum atomic E-state index is 12.7. The summed E-state index contributed by atoms with van der Waals surface area (Å²) < 4.78 is 49.7. The molecule has 2 rings (SSSR count). The molecule has 0 bridgehead atoms. The first-order valence-electron chi connectivity index (χ1n) is 6.34. The summed E-state index contributed by atoms with van der Waals surface area (Å²) in [6.07, 6.45) is 0.316. The van der Waals surface area contributed by atoms with E-state index in [9.17, 15) is 16.8 Å². The van der Waals surface area contributed by atoms with Crippen molar-refractivity contribution in [2.24, 2.45) is 0 Å². The van der Waals surface area contributed by atoms with Crippen molar-refractivity contribution in [3.8, 4) is 0 Å². The number of benzene rings is 1. The third kappa shape index (κ3) is 3.53. The molecular weight excluding hydrogens is 357 g/mol. The predicted octanol–water partition coefficient (Wildman–Crippen LogP) is 2.19. The third-order valence-electron chi connectivity index (χ3n) is 3.42. The maximum Gasteiger partial charge on any atom is 0.243 e. The van der Waals surface area contributed by atoms with Gasteiger partial charge >= 0.3 is 0 Å². The molecule has 5 nitrogen and oxygen atoms in total. The molecule has 1 fully saturated rings. The van der Waals surface area contributed by atoms with Crippen molar-refractivity contribution in [3.63, 3.8) is 0 Å². The summed E-state index contributed by atoms with van der Waals surface area (Å²) in [7, 11) is -6.96. The van der Waals surface area contributed by atoms with Gasteiger partial charge in [0.25, 0.3) is 0 Å². The lowest BCUT2D eigenvalue weighted by molar-refractivity contribution is 0.354. The number of sulfone groups is 1. The molecule has 118 valence electrons. The van der Waals surface area contributed by atoms with Gasteiger partial charge in [-0.15, -0.1) is 0 Å². The summed E-state index contributed by atoms with van der Waals surface area (Å²) in [5.41, 5.74) is 0. The maximum absolute atomic E-state index is 12.7. The van der Waals surface area contributed by atoms with Crippen molar-refractivity contribution < 1.29 is 16.8 Å². The van der Waals surface area contributed by atoms with Gasteiger partial charge in [-0.25, -0.2) is 16.8 Å². The van der Waals surface area contributed by atoms with Crippen LogP contribution in [0.1, 0.15) is 13.3 Å². The molecule has 0 aromatic heterocycles. The van der Waals surface area contributed by atoms with Crippen molar-refractivity contribution in [2.45, 2.75) is 24.3 Å². The van der Waals surface area contributed by atoms with E-state index in [1.54, 1.807) is 6.92 Å². The van der Waals surface area contributed by atoms with Gasteiger partial charge in [0.1, 0.15) is 0 Å². The summed E-state index contributed by atoms with van der Waals surface area (Å²) in [6, 6.07) is 3.54. The first-order chi connectivity index (χ1) is 9.67. The van der Waals surface area contributed by atoms with Gasteiger partial charge < -0.3 is 0 Å². The van der Waals surface area contributed by atoms with E-state index in [-0.39, 0.29) is 33.0 Å². The Labute approximate surface area is 134 Å². The standard InChI is InChI=1S/C12H15Cl2NO4S2/c1-2-15(9-5-6-20(16,17)8-9)21(18,19)10-3-4-11(13)12(14)7-10/h3-4,7,9H,2,5-6,8H2,1H3. The molecule has 1 aliphatic rings. The monoisotopic (exact) mass is 371 g/mol. The molecule has 1 unspecified atom stereocenters. The van der Waals surface area contributed by atoms with Crippen LogP contribution >= 0.6 is 23.2 Å². The Morgan fingerprint density at radius 2 is 1.95 bits per heavy atom. The van der Waals surface area contributed by atoms with Gasteiger partial charge in [0, 0.05) is 12.6 Å². The Balaban J connectivity index is 2.38. The van der Waals surface area contributed by atoms with Crippen LogP contribution in [0.25, 0.3) is 0 Å². The summed E-state index contributed by atoms with van der Waals surface area (Å²) in [6.45, 7) is 1.88. The molecule has 1 aliphatic heterocycles. The average molecular weight is 372 g/mol. The van der Waals surface area contributed by atoms with Gasteiger partial charge in [-0.05, 0) is 24.6 Å². The van der Waals surface area contributed by atoms with Crippen LogP contribution in [0.2, 0.25) is 10.0 Å². The van der Waals surface area contributed by atoms with Crippen LogP contribution in [0, 0.1) is 0 Å². The van der Waals surface area contributed by atoms with E-state index in [1.807, 2.05) is 0 Å². The molecule has 0 radical (unpaired) electrons. The lowest BCUT2D eigenvalue weighted by atomic mass is 10.3. The Morgan fingerprint density at radius 3 is 2.43 bits per heavy atom. The van der Waals surface area contributed by atoms with E-state index in [1.165, 1.54) is 22.5 Å². The highest BCUT2D eigenvalue weighted by Crippen LogP contribution is 2.29. The van der Waals surface area contributed by atoms with Crippen LogP contribution in [-0.2, 0) is 19.9 Å². The van der Waals surface area contributed by atoms with E-state index in [0.29, 0.717) is 6.42 Å². The van der Waals surface area contributed by atoms with Crippen molar-refractivity contribution >= 4 is 43.1 Å². The van der Waals surface area contributed by atoms with Gasteiger partial charge in [-0.2, -0.15) is 4.31 Å².